The summed E-state index contributed by atoms with van der Waals surface area (Å²) in [4.78, 5) is 0. The zero-order valence-electron chi connectivity index (χ0n) is 8.74. The molecule has 100 valence electrons. The first-order valence-electron chi connectivity index (χ1n) is 4.66. The lowest BCUT2D eigenvalue weighted by Crippen LogP contribution is -2.11. The van der Waals surface area contributed by atoms with Crippen molar-refractivity contribution in [2.75, 3.05) is 5.33 Å². The zero-order valence-corrected chi connectivity index (χ0v) is 10.3. The van der Waals surface area contributed by atoms with Gasteiger partial charge in [0, 0.05) is 5.33 Å². The highest BCUT2D eigenvalue weighted by Crippen LogP contribution is 2.36. The van der Waals surface area contributed by atoms with Crippen LogP contribution in [0.15, 0.2) is 24.3 Å². The number of alkyl halides is 7. The Kier molecular flexibility index (Phi) is 4.47. The van der Waals surface area contributed by atoms with Gasteiger partial charge in [0.25, 0.3) is 0 Å². The molecule has 0 bridgehead atoms. The van der Waals surface area contributed by atoms with Gasteiger partial charge in [-0.3, -0.25) is 0 Å². The third kappa shape index (κ3) is 4.04. The van der Waals surface area contributed by atoms with Crippen LogP contribution in [0.5, 0.6) is 0 Å². The second-order valence-corrected chi connectivity index (χ2v) is 4.04. The molecule has 0 amide bonds. The van der Waals surface area contributed by atoms with Crippen molar-refractivity contribution in [3.8, 4) is 0 Å². The lowest BCUT2D eigenvalue weighted by atomic mass is 10.0. The van der Waals surface area contributed by atoms with Gasteiger partial charge in [-0.15, -0.1) is 0 Å². The summed E-state index contributed by atoms with van der Waals surface area (Å²) in [7, 11) is 0. The summed E-state index contributed by atoms with van der Waals surface area (Å²) in [6.07, 6.45) is -7.01. The second-order valence-electron chi connectivity index (χ2n) is 3.40. The molecule has 0 atom stereocenters. The van der Waals surface area contributed by atoms with E-state index in [2.05, 4.69) is 15.9 Å². The first-order chi connectivity index (χ1) is 8.14. The van der Waals surface area contributed by atoms with Gasteiger partial charge in [0.05, 0.1) is 11.1 Å². The fourth-order valence-electron chi connectivity index (χ4n) is 1.26. The van der Waals surface area contributed by atoms with Crippen LogP contribution in [-0.2, 0) is 12.4 Å². The Bertz CT molecular complexity index is 412. The standard InChI is InChI=1S/C11H7BrF6/c12-3-1-2-7-4-8(10(13,14)15)6-9(5-7)11(16,17)18/h1-2,4-6H,3H2/b2-1-. The van der Waals surface area contributed by atoms with Crippen LogP contribution in [0.1, 0.15) is 16.7 Å². The summed E-state index contributed by atoms with van der Waals surface area (Å²) in [6.45, 7) is 0. The van der Waals surface area contributed by atoms with Crippen LogP contribution in [0.4, 0.5) is 26.3 Å². The number of halogens is 7. The SMILES string of the molecule is FC(F)(F)c1cc(/C=C\CBr)cc(C(F)(F)F)c1. The van der Waals surface area contributed by atoms with Crippen LogP contribution in [0.2, 0.25) is 0 Å². The van der Waals surface area contributed by atoms with E-state index in [9.17, 15) is 26.3 Å². The smallest absolute Gasteiger partial charge is 0.166 e. The molecule has 0 radical (unpaired) electrons. The van der Waals surface area contributed by atoms with Crippen molar-refractivity contribution >= 4 is 22.0 Å². The van der Waals surface area contributed by atoms with Crippen molar-refractivity contribution < 1.29 is 26.3 Å². The number of rotatable bonds is 2. The summed E-state index contributed by atoms with van der Waals surface area (Å²) in [5.41, 5.74) is -2.77. The summed E-state index contributed by atoms with van der Waals surface area (Å²) < 4.78 is 74.7. The third-order valence-electron chi connectivity index (χ3n) is 2.01. The van der Waals surface area contributed by atoms with E-state index in [1.54, 1.807) is 0 Å². The molecule has 0 heterocycles. The normalized spacial score (nSPS) is 13.3. The molecule has 1 aromatic carbocycles. The summed E-state index contributed by atoms with van der Waals surface area (Å²) in [5, 5.41) is 0.338. The average molecular weight is 333 g/mol. The van der Waals surface area contributed by atoms with E-state index in [0.29, 0.717) is 17.5 Å². The molecule has 0 spiro atoms. The van der Waals surface area contributed by atoms with E-state index in [1.165, 1.54) is 12.2 Å². The number of hydrogen-bond acceptors (Lipinski definition) is 0. The predicted octanol–water partition coefficient (Wildman–Crippen LogP) is 5.13. The maximum atomic E-state index is 12.5. The second kappa shape index (κ2) is 5.34. The lowest BCUT2D eigenvalue weighted by molar-refractivity contribution is -0.143. The molecule has 0 N–H and O–H groups in total. The largest absolute Gasteiger partial charge is 0.416 e. The van der Waals surface area contributed by atoms with Crippen molar-refractivity contribution in [1.82, 2.24) is 0 Å². The minimum absolute atomic E-state index is 0.103. The maximum Gasteiger partial charge on any atom is 0.416 e. The van der Waals surface area contributed by atoms with Crippen molar-refractivity contribution in [3.05, 3.63) is 41.0 Å². The molecule has 0 aliphatic heterocycles. The van der Waals surface area contributed by atoms with Crippen molar-refractivity contribution in [2.45, 2.75) is 12.4 Å². The number of hydrogen-bond donors (Lipinski definition) is 0. The Morgan fingerprint density at radius 2 is 1.33 bits per heavy atom. The van der Waals surface area contributed by atoms with Gasteiger partial charge in [-0.1, -0.05) is 28.1 Å². The summed E-state index contributed by atoms with van der Waals surface area (Å²) in [5.74, 6) is 0. The van der Waals surface area contributed by atoms with E-state index in [1.807, 2.05) is 0 Å². The molecule has 0 fully saturated rings. The quantitative estimate of drug-likeness (QED) is 0.520. The van der Waals surface area contributed by atoms with Crippen LogP contribution in [0, 0.1) is 0 Å². The third-order valence-corrected chi connectivity index (χ3v) is 2.38. The highest BCUT2D eigenvalue weighted by atomic mass is 79.9. The Morgan fingerprint density at radius 1 is 0.889 bits per heavy atom. The topological polar surface area (TPSA) is 0 Å². The monoisotopic (exact) mass is 332 g/mol. The molecule has 1 aromatic rings. The molecule has 0 saturated heterocycles. The molecule has 7 heteroatoms. The van der Waals surface area contributed by atoms with E-state index in [4.69, 9.17) is 0 Å². The van der Waals surface area contributed by atoms with Gasteiger partial charge in [-0.2, -0.15) is 26.3 Å². The molecular weight excluding hydrogens is 326 g/mol. The van der Waals surface area contributed by atoms with E-state index >= 15 is 0 Å². The fraction of sp³-hybridized carbons (Fsp3) is 0.273. The van der Waals surface area contributed by atoms with Crippen LogP contribution >= 0.6 is 15.9 Å². The maximum absolute atomic E-state index is 12.5. The highest BCUT2D eigenvalue weighted by Gasteiger charge is 2.36. The minimum atomic E-state index is -4.81. The van der Waals surface area contributed by atoms with E-state index in [-0.39, 0.29) is 11.6 Å². The van der Waals surface area contributed by atoms with Gasteiger partial charge in [0.15, 0.2) is 0 Å². The van der Waals surface area contributed by atoms with Crippen LogP contribution < -0.4 is 0 Å². The zero-order chi connectivity index (χ0) is 14.0. The first kappa shape index (κ1) is 15.1. The summed E-state index contributed by atoms with van der Waals surface area (Å²) in [6, 6.07) is 1.45. The molecule has 1 rings (SSSR count). The number of allylic oxidation sites excluding steroid dienone is 1. The lowest BCUT2D eigenvalue weighted by Gasteiger charge is -2.12. The van der Waals surface area contributed by atoms with Crippen molar-refractivity contribution in [1.29, 1.82) is 0 Å². The fourth-order valence-corrected chi connectivity index (χ4v) is 1.44. The van der Waals surface area contributed by atoms with Gasteiger partial charge >= 0.3 is 12.4 Å². The molecule has 0 aliphatic carbocycles. The number of benzene rings is 1. The predicted molar refractivity (Wildman–Crippen MR) is 59.3 cm³/mol. The highest BCUT2D eigenvalue weighted by molar-refractivity contribution is 9.09. The van der Waals surface area contributed by atoms with Gasteiger partial charge < -0.3 is 0 Å². The van der Waals surface area contributed by atoms with E-state index < -0.39 is 23.5 Å². The average Bonchev–Trinajstić information content (AvgIpc) is 2.23. The van der Waals surface area contributed by atoms with E-state index in [0.717, 1.165) is 0 Å². The van der Waals surface area contributed by atoms with Crippen molar-refractivity contribution in [3.63, 3.8) is 0 Å². The molecular formula is C11H7BrF6. The molecule has 0 aromatic heterocycles. The van der Waals surface area contributed by atoms with Gasteiger partial charge in [-0.25, -0.2) is 0 Å². The Balaban J connectivity index is 3.34. The molecule has 0 unspecified atom stereocenters. The first-order valence-corrected chi connectivity index (χ1v) is 5.78. The van der Waals surface area contributed by atoms with Gasteiger partial charge in [-0.05, 0) is 23.8 Å². The summed E-state index contributed by atoms with van der Waals surface area (Å²) >= 11 is 2.99. The van der Waals surface area contributed by atoms with Crippen molar-refractivity contribution in [2.24, 2.45) is 0 Å². The van der Waals surface area contributed by atoms with Gasteiger partial charge in [0.2, 0.25) is 0 Å². The molecule has 0 saturated carbocycles. The van der Waals surface area contributed by atoms with Gasteiger partial charge in [0.1, 0.15) is 0 Å². The van der Waals surface area contributed by atoms with Crippen LogP contribution in [0.25, 0.3) is 6.08 Å². The van der Waals surface area contributed by atoms with Crippen LogP contribution in [0.3, 0.4) is 0 Å². The molecule has 0 nitrogen and oxygen atoms in total. The minimum Gasteiger partial charge on any atom is -0.166 e. The van der Waals surface area contributed by atoms with Crippen LogP contribution in [-0.4, -0.2) is 5.33 Å². The Labute approximate surface area is 107 Å². The Morgan fingerprint density at radius 3 is 1.67 bits per heavy atom. The molecule has 0 aliphatic rings. The molecule has 18 heavy (non-hydrogen) atoms. The Hall–Kier alpha value is -0.980.